The maximum atomic E-state index is 10.1. The van der Waals surface area contributed by atoms with Gasteiger partial charge in [0.25, 0.3) is 0 Å². The second kappa shape index (κ2) is 3.09. The van der Waals surface area contributed by atoms with Crippen LogP contribution in [0.4, 0.5) is 5.69 Å². The number of aryl methyl sites for hydroxylation is 1. The Bertz CT molecular complexity index is 254. The standard InChI is InChI=1S/C7H9NO3/c8-5-3-4-11-6(5)1-2-7(9)10/h3-4H,1-2,8H2,(H,9,10). The number of carbonyl (C=O) groups is 1. The molecule has 0 saturated heterocycles. The molecule has 0 amide bonds. The lowest BCUT2D eigenvalue weighted by molar-refractivity contribution is -0.137. The van der Waals surface area contributed by atoms with Crippen LogP contribution in [0.25, 0.3) is 0 Å². The number of carboxylic acids is 1. The minimum Gasteiger partial charge on any atom is -0.481 e. The molecule has 1 rings (SSSR count). The lowest BCUT2D eigenvalue weighted by Gasteiger charge is -1.93. The highest BCUT2D eigenvalue weighted by atomic mass is 16.4. The van der Waals surface area contributed by atoms with Crippen LogP contribution in [-0.4, -0.2) is 11.1 Å². The summed E-state index contributed by atoms with van der Waals surface area (Å²) in [6.45, 7) is 0. The smallest absolute Gasteiger partial charge is 0.303 e. The molecular formula is C7H9NO3. The fourth-order valence-corrected chi connectivity index (χ4v) is 0.774. The minimum atomic E-state index is -0.846. The monoisotopic (exact) mass is 155 g/mol. The summed E-state index contributed by atoms with van der Waals surface area (Å²) in [5.74, 6) is -0.298. The van der Waals surface area contributed by atoms with Crippen molar-refractivity contribution in [2.75, 3.05) is 5.73 Å². The van der Waals surface area contributed by atoms with E-state index < -0.39 is 5.97 Å². The van der Waals surface area contributed by atoms with Crippen molar-refractivity contribution >= 4 is 11.7 Å². The fourth-order valence-electron chi connectivity index (χ4n) is 0.774. The molecule has 0 aliphatic heterocycles. The first-order chi connectivity index (χ1) is 5.20. The number of nitrogen functional groups attached to an aromatic ring is 1. The molecule has 0 aliphatic carbocycles. The topological polar surface area (TPSA) is 76.5 Å². The lowest BCUT2D eigenvalue weighted by Crippen LogP contribution is -1.98. The molecule has 4 heteroatoms. The maximum absolute atomic E-state index is 10.1. The molecule has 0 radical (unpaired) electrons. The molecule has 0 bridgehead atoms. The van der Waals surface area contributed by atoms with Crippen molar-refractivity contribution in [3.8, 4) is 0 Å². The molecule has 60 valence electrons. The Morgan fingerprint density at radius 1 is 1.73 bits per heavy atom. The van der Waals surface area contributed by atoms with E-state index in [1.807, 2.05) is 0 Å². The summed E-state index contributed by atoms with van der Waals surface area (Å²) in [4.78, 5) is 10.1. The third-order valence-electron chi connectivity index (χ3n) is 1.35. The molecule has 0 unspecified atom stereocenters. The number of carboxylic acid groups (broad SMARTS) is 1. The van der Waals surface area contributed by atoms with Gasteiger partial charge < -0.3 is 15.3 Å². The molecule has 3 N–H and O–H groups in total. The van der Waals surface area contributed by atoms with E-state index in [0.29, 0.717) is 17.9 Å². The summed E-state index contributed by atoms with van der Waals surface area (Å²) in [6.07, 6.45) is 1.86. The van der Waals surface area contributed by atoms with Gasteiger partial charge in [0.05, 0.1) is 18.4 Å². The molecule has 0 fully saturated rings. The van der Waals surface area contributed by atoms with E-state index in [2.05, 4.69) is 0 Å². The second-order valence-electron chi connectivity index (χ2n) is 2.19. The summed E-state index contributed by atoms with van der Waals surface area (Å²) in [7, 11) is 0. The number of anilines is 1. The fraction of sp³-hybridized carbons (Fsp3) is 0.286. The summed E-state index contributed by atoms with van der Waals surface area (Å²) in [6, 6.07) is 1.61. The normalized spacial score (nSPS) is 9.82. The van der Waals surface area contributed by atoms with Gasteiger partial charge in [0.1, 0.15) is 5.76 Å². The molecule has 0 saturated carbocycles. The van der Waals surface area contributed by atoms with Crippen LogP contribution in [0.15, 0.2) is 16.7 Å². The van der Waals surface area contributed by atoms with Crippen molar-refractivity contribution in [1.82, 2.24) is 0 Å². The Labute approximate surface area is 63.6 Å². The molecule has 1 aromatic rings. The molecule has 0 aromatic carbocycles. The van der Waals surface area contributed by atoms with Gasteiger partial charge in [-0.2, -0.15) is 0 Å². The summed E-state index contributed by atoms with van der Waals surface area (Å²) in [5, 5.41) is 8.32. The zero-order valence-electron chi connectivity index (χ0n) is 5.91. The Balaban J connectivity index is 2.51. The van der Waals surface area contributed by atoms with Crippen LogP contribution >= 0.6 is 0 Å². The van der Waals surface area contributed by atoms with Crippen LogP contribution < -0.4 is 5.73 Å². The van der Waals surface area contributed by atoms with Crippen molar-refractivity contribution in [1.29, 1.82) is 0 Å². The van der Waals surface area contributed by atoms with Gasteiger partial charge in [-0.05, 0) is 6.07 Å². The van der Waals surface area contributed by atoms with Gasteiger partial charge in [-0.25, -0.2) is 0 Å². The van der Waals surface area contributed by atoms with Gasteiger partial charge in [-0.3, -0.25) is 4.79 Å². The number of nitrogens with two attached hydrogens (primary N) is 1. The van der Waals surface area contributed by atoms with Crippen molar-refractivity contribution in [3.63, 3.8) is 0 Å². The highest BCUT2D eigenvalue weighted by molar-refractivity contribution is 5.67. The largest absolute Gasteiger partial charge is 0.481 e. The van der Waals surface area contributed by atoms with Crippen molar-refractivity contribution in [3.05, 3.63) is 18.1 Å². The number of hydrogen-bond acceptors (Lipinski definition) is 3. The van der Waals surface area contributed by atoms with E-state index in [1.54, 1.807) is 6.07 Å². The summed E-state index contributed by atoms with van der Waals surface area (Å²) < 4.78 is 4.93. The van der Waals surface area contributed by atoms with Crippen LogP contribution in [0.3, 0.4) is 0 Å². The van der Waals surface area contributed by atoms with Crippen LogP contribution in [0.5, 0.6) is 0 Å². The van der Waals surface area contributed by atoms with E-state index >= 15 is 0 Å². The van der Waals surface area contributed by atoms with Crippen molar-refractivity contribution < 1.29 is 14.3 Å². The zero-order chi connectivity index (χ0) is 8.27. The van der Waals surface area contributed by atoms with Crippen LogP contribution in [0.1, 0.15) is 12.2 Å². The highest BCUT2D eigenvalue weighted by Gasteiger charge is 2.04. The Hall–Kier alpha value is -1.45. The van der Waals surface area contributed by atoms with Gasteiger partial charge in [0.2, 0.25) is 0 Å². The number of rotatable bonds is 3. The number of aliphatic carboxylic acids is 1. The molecule has 0 aliphatic rings. The van der Waals surface area contributed by atoms with Gasteiger partial charge in [0, 0.05) is 6.42 Å². The van der Waals surface area contributed by atoms with Gasteiger partial charge in [0.15, 0.2) is 0 Å². The van der Waals surface area contributed by atoms with Gasteiger partial charge >= 0.3 is 5.97 Å². The summed E-state index contributed by atoms with van der Waals surface area (Å²) >= 11 is 0. The molecule has 1 heterocycles. The van der Waals surface area contributed by atoms with E-state index in [0.717, 1.165) is 0 Å². The van der Waals surface area contributed by atoms with E-state index in [-0.39, 0.29) is 6.42 Å². The lowest BCUT2D eigenvalue weighted by atomic mass is 10.2. The molecule has 0 spiro atoms. The zero-order valence-corrected chi connectivity index (χ0v) is 5.91. The van der Waals surface area contributed by atoms with Crippen LogP contribution in [-0.2, 0) is 11.2 Å². The summed E-state index contributed by atoms with van der Waals surface area (Å²) in [5.41, 5.74) is 5.96. The van der Waals surface area contributed by atoms with Crippen molar-refractivity contribution in [2.45, 2.75) is 12.8 Å². The average Bonchev–Trinajstić information content (AvgIpc) is 2.31. The predicted molar refractivity (Wildman–Crippen MR) is 39.1 cm³/mol. The molecular weight excluding hydrogens is 146 g/mol. The Morgan fingerprint density at radius 2 is 2.45 bits per heavy atom. The van der Waals surface area contributed by atoms with E-state index in [1.165, 1.54) is 6.26 Å². The Morgan fingerprint density at radius 3 is 2.91 bits per heavy atom. The van der Waals surface area contributed by atoms with Gasteiger partial charge in [-0.1, -0.05) is 0 Å². The van der Waals surface area contributed by atoms with Gasteiger partial charge in [-0.15, -0.1) is 0 Å². The predicted octanol–water partition coefficient (Wildman–Crippen LogP) is 0.879. The van der Waals surface area contributed by atoms with E-state index in [9.17, 15) is 4.79 Å². The van der Waals surface area contributed by atoms with Crippen molar-refractivity contribution in [2.24, 2.45) is 0 Å². The quantitative estimate of drug-likeness (QED) is 0.679. The van der Waals surface area contributed by atoms with Crippen LogP contribution in [0, 0.1) is 0 Å². The highest BCUT2D eigenvalue weighted by Crippen LogP contribution is 2.13. The number of hydrogen-bond donors (Lipinski definition) is 2. The SMILES string of the molecule is Nc1ccoc1CCC(=O)O. The first kappa shape index (κ1) is 7.65. The average molecular weight is 155 g/mol. The Kier molecular flexibility index (Phi) is 2.15. The van der Waals surface area contributed by atoms with Crippen LogP contribution in [0.2, 0.25) is 0 Å². The molecule has 4 nitrogen and oxygen atoms in total. The maximum Gasteiger partial charge on any atom is 0.303 e. The molecule has 11 heavy (non-hydrogen) atoms. The first-order valence-corrected chi connectivity index (χ1v) is 3.24. The number of furan rings is 1. The van der Waals surface area contributed by atoms with E-state index in [4.69, 9.17) is 15.3 Å². The third kappa shape index (κ3) is 2.00. The third-order valence-corrected chi connectivity index (χ3v) is 1.35. The first-order valence-electron chi connectivity index (χ1n) is 3.24. The molecule has 0 atom stereocenters. The minimum absolute atomic E-state index is 0.0533. The molecule has 1 aromatic heterocycles. The second-order valence-corrected chi connectivity index (χ2v) is 2.19.